The molecule has 1 fully saturated rings. The standard InChI is InChI=1S/C12H16BrN5O/c13-10-9-18-4-2-15-12(18)11(16-10)14-1-3-17-5-7-19-8-6-17/h2,4,9H,1,3,5-8H2,(H,14,16). The van der Waals surface area contributed by atoms with Gasteiger partial charge in [-0.15, -0.1) is 0 Å². The van der Waals surface area contributed by atoms with Crippen molar-refractivity contribution in [3.63, 3.8) is 0 Å². The summed E-state index contributed by atoms with van der Waals surface area (Å²) in [6.45, 7) is 5.52. The fourth-order valence-electron chi connectivity index (χ4n) is 2.18. The Bertz CT molecular complexity index is 552. The van der Waals surface area contributed by atoms with Crippen LogP contribution >= 0.6 is 15.9 Å². The molecule has 0 saturated carbocycles. The maximum atomic E-state index is 5.33. The minimum absolute atomic E-state index is 0.798. The Kier molecular flexibility index (Phi) is 3.95. The maximum absolute atomic E-state index is 5.33. The summed E-state index contributed by atoms with van der Waals surface area (Å²) in [5, 5.41) is 3.35. The lowest BCUT2D eigenvalue weighted by Crippen LogP contribution is -2.39. The lowest BCUT2D eigenvalue weighted by Gasteiger charge is -2.26. The third-order valence-corrected chi connectivity index (χ3v) is 3.55. The van der Waals surface area contributed by atoms with E-state index in [0.717, 1.165) is 55.5 Å². The highest BCUT2D eigenvalue weighted by Gasteiger charge is 2.10. The first-order chi connectivity index (χ1) is 9.33. The number of ether oxygens (including phenoxy) is 1. The van der Waals surface area contributed by atoms with E-state index in [0.29, 0.717) is 0 Å². The van der Waals surface area contributed by atoms with Crippen LogP contribution in [0.4, 0.5) is 5.82 Å². The molecule has 1 aliphatic heterocycles. The smallest absolute Gasteiger partial charge is 0.180 e. The second kappa shape index (κ2) is 5.85. The Labute approximate surface area is 119 Å². The van der Waals surface area contributed by atoms with Crippen molar-refractivity contribution in [1.82, 2.24) is 19.3 Å². The molecular formula is C12H16BrN5O. The third kappa shape index (κ3) is 3.05. The predicted octanol–water partition coefficient (Wildman–Crippen LogP) is 1.24. The van der Waals surface area contributed by atoms with Gasteiger partial charge in [0.25, 0.3) is 0 Å². The van der Waals surface area contributed by atoms with Gasteiger partial charge in [-0.25, -0.2) is 9.97 Å². The van der Waals surface area contributed by atoms with Crippen molar-refractivity contribution in [2.24, 2.45) is 0 Å². The number of imidazole rings is 1. The fraction of sp³-hybridized carbons (Fsp3) is 0.500. The Balaban J connectivity index is 1.63. The molecule has 2 aromatic heterocycles. The van der Waals surface area contributed by atoms with Crippen LogP contribution in [0.3, 0.4) is 0 Å². The molecule has 102 valence electrons. The Hall–Kier alpha value is -1.18. The number of anilines is 1. The topological polar surface area (TPSA) is 54.7 Å². The highest BCUT2D eigenvalue weighted by molar-refractivity contribution is 9.10. The first-order valence-electron chi connectivity index (χ1n) is 6.36. The van der Waals surface area contributed by atoms with Gasteiger partial charge in [0.15, 0.2) is 11.5 Å². The van der Waals surface area contributed by atoms with Crippen molar-refractivity contribution in [3.8, 4) is 0 Å². The molecule has 0 spiro atoms. The molecule has 0 unspecified atom stereocenters. The maximum Gasteiger partial charge on any atom is 0.180 e. The molecule has 3 heterocycles. The van der Waals surface area contributed by atoms with Gasteiger partial charge in [0.05, 0.1) is 13.2 Å². The number of aromatic nitrogens is 3. The first-order valence-corrected chi connectivity index (χ1v) is 7.15. The van der Waals surface area contributed by atoms with Crippen LogP contribution in [0.25, 0.3) is 5.65 Å². The van der Waals surface area contributed by atoms with Crippen molar-refractivity contribution in [2.45, 2.75) is 0 Å². The molecule has 7 heteroatoms. The predicted molar refractivity (Wildman–Crippen MR) is 76.4 cm³/mol. The molecule has 1 N–H and O–H groups in total. The van der Waals surface area contributed by atoms with Crippen LogP contribution in [-0.4, -0.2) is 58.7 Å². The highest BCUT2D eigenvalue weighted by Crippen LogP contribution is 2.16. The average molecular weight is 326 g/mol. The third-order valence-electron chi connectivity index (χ3n) is 3.17. The van der Waals surface area contributed by atoms with Crippen molar-refractivity contribution >= 4 is 27.4 Å². The largest absolute Gasteiger partial charge is 0.379 e. The van der Waals surface area contributed by atoms with Gasteiger partial charge in [-0.05, 0) is 15.9 Å². The van der Waals surface area contributed by atoms with E-state index in [1.807, 2.05) is 16.8 Å². The molecule has 0 amide bonds. The number of nitrogens with one attached hydrogen (secondary N) is 1. The number of halogens is 1. The van der Waals surface area contributed by atoms with Gasteiger partial charge in [-0.2, -0.15) is 0 Å². The van der Waals surface area contributed by atoms with E-state index in [1.165, 1.54) is 0 Å². The van der Waals surface area contributed by atoms with Gasteiger partial charge >= 0.3 is 0 Å². The molecule has 0 aliphatic carbocycles. The zero-order valence-electron chi connectivity index (χ0n) is 10.5. The van der Waals surface area contributed by atoms with E-state index >= 15 is 0 Å². The summed E-state index contributed by atoms with van der Waals surface area (Å²) < 4.78 is 8.08. The van der Waals surface area contributed by atoms with Crippen molar-refractivity contribution in [3.05, 3.63) is 23.2 Å². The first kappa shape index (κ1) is 12.8. The monoisotopic (exact) mass is 325 g/mol. The molecule has 0 radical (unpaired) electrons. The summed E-state index contributed by atoms with van der Waals surface area (Å²) in [5.41, 5.74) is 0.852. The van der Waals surface area contributed by atoms with Crippen LogP contribution < -0.4 is 5.32 Å². The molecule has 2 aromatic rings. The molecule has 0 bridgehead atoms. The second-order valence-electron chi connectivity index (χ2n) is 4.45. The van der Waals surface area contributed by atoms with E-state index in [4.69, 9.17) is 4.74 Å². The Morgan fingerprint density at radius 1 is 1.37 bits per heavy atom. The molecular weight excluding hydrogens is 310 g/mol. The summed E-state index contributed by atoms with van der Waals surface area (Å²) in [6.07, 6.45) is 5.58. The van der Waals surface area contributed by atoms with E-state index in [1.54, 1.807) is 6.20 Å². The van der Waals surface area contributed by atoms with Gasteiger partial charge in [0, 0.05) is 44.8 Å². The van der Waals surface area contributed by atoms with E-state index in [9.17, 15) is 0 Å². The van der Waals surface area contributed by atoms with Gasteiger partial charge in [-0.3, -0.25) is 4.90 Å². The fourth-order valence-corrected chi connectivity index (χ4v) is 2.57. The quantitative estimate of drug-likeness (QED) is 0.916. The summed E-state index contributed by atoms with van der Waals surface area (Å²) in [7, 11) is 0. The number of fused-ring (bicyclic) bond motifs is 1. The molecule has 19 heavy (non-hydrogen) atoms. The van der Waals surface area contributed by atoms with E-state index in [2.05, 4.69) is 36.1 Å². The minimum atomic E-state index is 0.798. The zero-order valence-corrected chi connectivity index (χ0v) is 12.1. The zero-order chi connectivity index (χ0) is 13.1. The summed E-state index contributed by atoms with van der Waals surface area (Å²) in [6, 6.07) is 0. The minimum Gasteiger partial charge on any atom is -0.379 e. The lowest BCUT2D eigenvalue weighted by molar-refractivity contribution is 0.0398. The van der Waals surface area contributed by atoms with Gasteiger partial charge in [0.2, 0.25) is 0 Å². The van der Waals surface area contributed by atoms with Crippen LogP contribution in [0, 0.1) is 0 Å². The number of morpholine rings is 1. The van der Waals surface area contributed by atoms with E-state index < -0.39 is 0 Å². The van der Waals surface area contributed by atoms with Gasteiger partial charge in [0.1, 0.15) is 4.60 Å². The van der Waals surface area contributed by atoms with Crippen molar-refractivity contribution in [2.75, 3.05) is 44.7 Å². The van der Waals surface area contributed by atoms with Gasteiger partial charge < -0.3 is 14.5 Å². The number of hydrogen-bond donors (Lipinski definition) is 1. The molecule has 6 nitrogen and oxygen atoms in total. The highest BCUT2D eigenvalue weighted by atomic mass is 79.9. The van der Waals surface area contributed by atoms with Crippen LogP contribution in [0.1, 0.15) is 0 Å². The van der Waals surface area contributed by atoms with Crippen molar-refractivity contribution in [1.29, 1.82) is 0 Å². The number of hydrogen-bond acceptors (Lipinski definition) is 5. The normalized spacial score (nSPS) is 16.9. The summed E-state index contributed by atoms with van der Waals surface area (Å²) in [4.78, 5) is 11.1. The Morgan fingerprint density at radius 3 is 3.05 bits per heavy atom. The lowest BCUT2D eigenvalue weighted by atomic mass is 10.4. The average Bonchev–Trinajstić information content (AvgIpc) is 2.88. The molecule has 0 atom stereocenters. The van der Waals surface area contributed by atoms with Crippen LogP contribution in [0.2, 0.25) is 0 Å². The van der Waals surface area contributed by atoms with Crippen LogP contribution in [-0.2, 0) is 4.74 Å². The second-order valence-corrected chi connectivity index (χ2v) is 5.26. The van der Waals surface area contributed by atoms with E-state index in [-0.39, 0.29) is 0 Å². The summed E-state index contributed by atoms with van der Waals surface area (Å²) >= 11 is 3.41. The molecule has 1 aliphatic rings. The van der Waals surface area contributed by atoms with Gasteiger partial charge in [-0.1, -0.05) is 0 Å². The van der Waals surface area contributed by atoms with Crippen molar-refractivity contribution < 1.29 is 4.74 Å². The molecule has 1 saturated heterocycles. The Morgan fingerprint density at radius 2 is 2.21 bits per heavy atom. The number of rotatable bonds is 4. The van der Waals surface area contributed by atoms with Crippen LogP contribution in [0.15, 0.2) is 23.2 Å². The SMILES string of the molecule is Brc1cn2ccnc2c(NCCN2CCOCC2)n1. The summed E-state index contributed by atoms with van der Waals surface area (Å²) in [5.74, 6) is 0.813. The van der Waals surface area contributed by atoms with Crippen LogP contribution in [0.5, 0.6) is 0 Å². The molecule has 0 aromatic carbocycles. The molecule has 3 rings (SSSR count). The number of nitrogens with zero attached hydrogens (tertiary/aromatic N) is 4.